The second-order valence-corrected chi connectivity index (χ2v) is 15.6. The molecule has 332 valence electrons. The van der Waals surface area contributed by atoms with E-state index in [4.69, 9.17) is 34.7 Å². The van der Waals surface area contributed by atoms with Gasteiger partial charge in [0.1, 0.15) is 11.6 Å². The van der Waals surface area contributed by atoms with Crippen LogP contribution in [0.25, 0.3) is 27.7 Å². The molecule has 10 rings (SSSR count). The van der Waals surface area contributed by atoms with Crippen LogP contribution in [-0.2, 0) is 6.42 Å². The number of nitrogen functional groups attached to an aromatic ring is 2. The van der Waals surface area contributed by atoms with E-state index in [9.17, 15) is 9.59 Å². The highest BCUT2D eigenvalue weighted by Crippen LogP contribution is 2.36. The van der Waals surface area contributed by atoms with Crippen molar-refractivity contribution in [3.63, 3.8) is 0 Å². The molecule has 0 aliphatic heterocycles. The number of hydrogen-bond acceptors (Lipinski definition) is 12. The molecule has 0 atom stereocenters. The average molecular weight is 927 g/mol. The Labute approximate surface area is 394 Å². The number of aromatic nitrogens is 7. The number of anilines is 8. The lowest BCUT2D eigenvalue weighted by Gasteiger charge is -2.11. The van der Waals surface area contributed by atoms with Gasteiger partial charge in [0.2, 0.25) is 11.9 Å². The van der Waals surface area contributed by atoms with Crippen molar-refractivity contribution in [1.82, 2.24) is 34.9 Å². The predicted octanol–water partition coefficient (Wildman–Crippen LogP) is 11.0. The summed E-state index contributed by atoms with van der Waals surface area (Å²) in [7, 11) is 0. The summed E-state index contributed by atoms with van der Waals surface area (Å²) in [6, 6.07) is 37.1. The fourth-order valence-electron chi connectivity index (χ4n) is 7.10. The summed E-state index contributed by atoms with van der Waals surface area (Å²) in [6.07, 6.45) is 10.9. The second kappa shape index (κ2) is 20.0. The van der Waals surface area contributed by atoms with Crippen LogP contribution in [-0.4, -0.2) is 46.7 Å². The van der Waals surface area contributed by atoms with Crippen molar-refractivity contribution >= 4 is 97.8 Å². The van der Waals surface area contributed by atoms with Crippen LogP contribution < -0.4 is 32.7 Å². The van der Waals surface area contributed by atoms with E-state index in [-0.39, 0.29) is 19.2 Å². The number of nitrogens with two attached hydrogens (primary N) is 2. The van der Waals surface area contributed by atoms with E-state index in [1.807, 2.05) is 66.9 Å². The molecule has 0 spiro atoms. The number of fused-ring (bicyclic) bond motifs is 2. The van der Waals surface area contributed by atoms with E-state index in [1.54, 1.807) is 60.9 Å². The van der Waals surface area contributed by atoms with Gasteiger partial charge < -0.3 is 37.7 Å². The fraction of sp³-hybridized carbons (Fsp3) is 0.0400. The van der Waals surface area contributed by atoms with Gasteiger partial charge in [-0.2, -0.15) is 0 Å². The number of allylic oxidation sites excluding steroid dienone is 1. The van der Waals surface area contributed by atoms with Crippen LogP contribution in [0.4, 0.5) is 46.3 Å². The minimum Gasteiger partial charge on any atom is -0.384 e. The Morgan fingerprint density at radius 2 is 1.10 bits per heavy atom. The lowest BCUT2D eigenvalue weighted by molar-refractivity contribution is 0.101. The Morgan fingerprint density at radius 3 is 1.70 bits per heavy atom. The van der Waals surface area contributed by atoms with Crippen molar-refractivity contribution in [2.45, 2.75) is 13.8 Å². The molecule has 15 nitrogen and oxygen atoms in total. The zero-order valence-electron chi connectivity index (χ0n) is 34.6. The number of halogens is 2. The third-order valence-electron chi connectivity index (χ3n) is 10.3. The number of benzene rings is 4. The summed E-state index contributed by atoms with van der Waals surface area (Å²) < 4.78 is 0. The summed E-state index contributed by atoms with van der Waals surface area (Å²) in [4.78, 5) is 54.0. The Morgan fingerprint density at radius 1 is 0.567 bits per heavy atom. The lowest BCUT2D eigenvalue weighted by Crippen LogP contribution is -2.12. The van der Waals surface area contributed by atoms with Gasteiger partial charge in [-0.3, -0.25) is 9.59 Å². The topological polar surface area (TPSA) is 227 Å². The zero-order valence-corrected chi connectivity index (χ0v) is 36.1. The normalized spacial score (nSPS) is 11.3. The zero-order chi connectivity index (χ0) is 45.6. The minimum absolute atomic E-state index is 0. The highest BCUT2D eigenvalue weighted by Gasteiger charge is 2.20. The molecule has 0 saturated heterocycles. The molecule has 0 radical (unpaired) electrons. The van der Waals surface area contributed by atoms with Crippen LogP contribution in [0.5, 0.6) is 0 Å². The average Bonchev–Trinajstić information content (AvgIpc) is 3.96. The predicted molar refractivity (Wildman–Crippen MR) is 268 cm³/mol. The first-order valence-electron chi connectivity index (χ1n) is 20.3. The van der Waals surface area contributed by atoms with Gasteiger partial charge in [0, 0.05) is 63.4 Å². The number of carbonyl (C=O) groups is 2. The largest absolute Gasteiger partial charge is 0.384 e. The molecule has 67 heavy (non-hydrogen) atoms. The molecule has 17 heteroatoms. The molecule has 9 N–H and O–H groups in total. The summed E-state index contributed by atoms with van der Waals surface area (Å²) >= 11 is 12.9. The number of carbonyl (C=O) groups excluding carboxylic acids is 2. The van der Waals surface area contributed by atoms with Gasteiger partial charge in [0.15, 0.2) is 0 Å². The van der Waals surface area contributed by atoms with E-state index in [0.29, 0.717) is 73.2 Å². The number of aromatic amines is 1. The number of rotatable bonds is 10. The van der Waals surface area contributed by atoms with Crippen LogP contribution in [0.15, 0.2) is 158 Å². The molecule has 5 aromatic heterocycles. The highest BCUT2D eigenvalue weighted by atomic mass is 35.5. The summed E-state index contributed by atoms with van der Waals surface area (Å²) in [5, 5.41) is 14.0. The van der Waals surface area contributed by atoms with E-state index in [0.717, 1.165) is 39.7 Å². The monoisotopic (exact) mass is 925 g/mol. The van der Waals surface area contributed by atoms with Gasteiger partial charge in [0.05, 0.1) is 45.0 Å². The Kier molecular flexibility index (Phi) is 13.4. The maximum atomic E-state index is 12.5. The third kappa shape index (κ3) is 10.5. The van der Waals surface area contributed by atoms with Crippen LogP contribution in [0.1, 0.15) is 45.0 Å². The molecule has 5 heterocycles. The first-order chi connectivity index (χ1) is 32.1. The number of hydrogen-bond donors (Lipinski definition) is 7. The molecule has 2 amide bonds. The second-order valence-electron chi connectivity index (χ2n) is 14.8. The van der Waals surface area contributed by atoms with Crippen LogP contribution in [0.2, 0.25) is 10.0 Å². The fourth-order valence-corrected chi connectivity index (χ4v) is 7.49. The standard InChI is InChI=1S/C25H19ClN6O.C24H18ClN7O.CH4/c26-21-14-29-25(32-23(21)20-10-8-15-4-1-2-7-19(15)20)31-18-6-3-5-17(12-18)30-24(33)16-9-11-22(27)28-13-16;25-19-13-29-24(32-22(19)18-12-27-20-7-2-1-6-17(18)20)31-16-5-3-4-15(10-16)30-23(33)14-8-9-21(26)28-11-14;/h1-7,9-14H,8H2,(H2,27,28)(H,30,33)(H,29,31,32);1-13,27H,(H2,26,28)(H,30,33)(H,29,31,32);1H4. The maximum absolute atomic E-state index is 12.5. The van der Waals surface area contributed by atoms with E-state index in [2.05, 4.69) is 74.4 Å². The molecule has 0 unspecified atom stereocenters. The molecule has 1 aliphatic carbocycles. The Balaban J connectivity index is 0.000000179. The lowest BCUT2D eigenvalue weighted by atomic mass is 10.0. The van der Waals surface area contributed by atoms with E-state index in [1.165, 1.54) is 18.0 Å². The van der Waals surface area contributed by atoms with Crippen LogP contribution >= 0.6 is 23.2 Å². The molecule has 1 aliphatic rings. The molecule has 9 aromatic rings. The number of pyridine rings is 2. The van der Waals surface area contributed by atoms with Crippen molar-refractivity contribution in [2.24, 2.45) is 0 Å². The number of para-hydroxylation sites is 1. The first kappa shape index (κ1) is 44.9. The highest BCUT2D eigenvalue weighted by molar-refractivity contribution is 6.33. The smallest absolute Gasteiger partial charge is 0.257 e. The Bertz CT molecular complexity index is 3290. The maximum Gasteiger partial charge on any atom is 0.257 e. The number of nitrogens with zero attached hydrogens (tertiary/aromatic N) is 6. The number of nitrogens with one attached hydrogen (secondary N) is 5. The molecule has 0 fully saturated rings. The van der Waals surface area contributed by atoms with Crippen LogP contribution in [0, 0.1) is 0 Å². The third-order valence-corrected chi connectivity index (χ3v) is 10.8. The van der Waals surface area contributed by atoms with Crippen molar-refractivity contribution in [1.29, 1.82) is 0 Å². The summed E-state index contributed by atoms with van der Waals surface area (Å²) in [5.74, 6) is 0.932. The minimum atomic E-state index is -0.288. The van der Waals surface area contributed by atoms with E-state index < -0.39 is 0 Å². The SMILES string of the molecule is C.Nc1ccc(C(=O)Nc2cccc(Nc3ncc(Cl)c(-c4c[nH]c5ccccc45)n3)c2)cn1.Nc1ccc(C(=O)Nc2cccc(Nc3ncc(Cl)c(C4=CCc5ccccc54)n3)c2)cn1. The molecule has 4 aromatic carbocycles. The molecule has 0 bridgehead atoms. The van der Waals surface area contributed by atoms with Gasteiger partial charge in [-0.15, -0.1) is 0 Å². The molecule has 0 saturated carbocycles. The Hall–Kier alpha value is -8.66. The molecular weight excluding hydrogens is 886 g/mol. The summed E-state index contributed by atoms with van der Waals surface area (Å²) in [5.41, 5.74) is 21.2. The van der Waals surface area contributed by atoms with Gasteiger partial charge in [0.25, 0.3) is 11.8 Å². The first-order valence-corrected chi connectivity index (χ1v) is 21.1. The van der Waals surface area contributed by atoms with Crippen molar-refractivity contribution in [3.05, 3.63) is 196 Å². The van der Waals surface area contributed by atoms with E-state index >= 15 is 0 Å². The van der Waals surface area contributed by atoms with Gasteiger partial charge in [-0.1, -0.05) is 91.3 Å². The number of H-pyrrole nitrogens is 1. The van der Waals surface area contributed by atoms with Gasteiger partial charge in [-0.05, 0) is 84.3 Å². The number of amides is 2. The van der Waals surface area contributed by atoms with Gasteiger partial charge in [-0.25, -0.2) is 29.9 Å². The van der Waals surface area contributed by atoms with Crippen molar-refractivity contribution in [3.8, 4) is 11.3 Å². The van der Waals surface area contributed by atoms with Crippen molar-refractivity contribution in [2.75, 3.05) is 32.7 Å². The van der Waals surface area contributed by atoms with Crippen molar-refractivity contribution < 1.29 is 9.59 Å². The van der Waals surface area contributed by atoms with Gasteiger partial charge >= 0.3 is 0 Å². The molecular formula is C50H41Cl2N13O2. The van der Waals surface area contributed by atoms with Crippen LogP contribution in [0.3, 0.4) is 0 Å². The quantitative estimate of drug-likeness (QED) is 0.0680. The summed E-state index contributed by atoms with van der Waals surface area (Å²) in [6.45, 7) is 0.